The van der Waals surface area contributed by atoms with Gasteiger partial charge >= 0.3 is 0 Å². The highest BCUT2D eigenvalue weighted by Gasteiger charge is 2.22. The zero-order chi connectivity index (χ0) is 28.9. The van der Waals surface area contributed by atoms with Crippen molar-refractivity contribution in [2.45, 2.75) is 19.4 Å². The summed E-state index contributed by atoms with van der Waals surface area (Å²) in [6.07, 6.45) is 1.99. The number of hydrogen-bond acceptors (Lipinski definition) is 5. The molecule has 0 N–H and O–H groups in total. The molecule has 2 saturated heterocycles. The first kappa shape index (κ1) is 28.9. The van der Waals surface area contributed by atoms with Crippen LogP contribution in [0.25, 0.3) is 22.3 Å². The number of likely N-dealkylation sites (N-methyl/N-ethyl adjacent to an activating group) is 2. The quantitative estimate of drug-likeness (QED) is 0.438. The van der Waals surface area contributed by atoms with Crippen molar-refractivity contribution in [3.8, 4) is 28.3 Å². The molecule has 0 saturated carbocycles. The predicted octanol–water partition coefficient (Wildman–Crippen LogP) is 5.09. The second-order valence-electron chi connectivity index (χ2n) is 11.3. The molecule has 0 spiro atoms. The van der Waals surface area contributed by atoms with Gasteiger partial charge in [-0.1, -0.05) is 18.2 Å². The molecule has 2 fully saturated rings. The zero-order valence-electron chi connectivity index (χ0n) is 23.9. The highest BCUT2D eigenvalue weighted by molar-refractivity contribution is 5.98. The van der Waals surface area contributed by atoms with Gasteiger partial charge in [-0.05, 0) is 99.2 Å². The Kier molecular flexibility index (Phi) is 9.09. The van der Waals surface area contributed by atoms with E-state index in [9.17, 15) is 18.8 Å². The van der Waals surface area contributed by atoms with E-state index in [1.807, 2.05) is 30.1 Å². The van der Waals surface area contributed by atoms with Crippen molar-refractivity contribution in [3.05, 3.63) is 82.9 Å². The van der Waals surface area contributed by atoms with Gasteiger partial charge in [0.25, 0.3) is 5.91 Å². The molecule has 0 atom stereocenters. The molecular weight excluding hydrogens is 520 g/mol. The van der Waals surface area contributed by atoms with Crippen LogP contribution in [0.3, 0.4) is 0 Å². The van der Waals surface area contributed by atoms with Gasteiger partial charge in [0.15, 0.2) is 0 Å². The molecule has 0 unspecified atom stereocenters. The molecule has 6 nitrogen and oxygen atoms in total. The Morgan fingerprint density at radius 3 is 2.17 bits per heavy atom. The van der Waals surface area contributed by atoms with Gasteiger partial charge in [-0.3, -0.25) is 9.69 Å². The first-order valence-electron chi connectivity index (χ1n) is 14.3. The van der Waals surface area contributed by atoms with E-state index in [0.717, 1.165) is 70.3 Å². The minimum Gasteiger partial charge on any atom is -0.337 e. The zero-order valence-corrected chi connectivity index (χ0v) is 23.9. The minimum absolute atomic E-state index is 0.107. The highest BCUT2D eigenvalue weighted by atomic mass is 19.1. The van der Waals surface area contributed by atoms with E-state index in [0.29, 0.717) is 46.5 Å². The van der Waals surface area contributed by atoms with Crippen molar-refractivity contribution in [1.29, 1.82) is 5.26 Å². The smallest absolute Gasteiger partial charge is 0.253 e. The van der Waals surface area contributed by atoms with Gasteiger partial charge in [-0.25, -0.2) is 8.78 Å². The lowest BCUT2D eigenvalue weighted by atomic mass is 9.89. The van der Waals surface area contributed by atoms with Gasteiger partial charge in [0.1, 0.15) is 11.6 Å². The van der Waals surface area contributed by atoms with Crippen molar-refractivity contribution < 1.29 is 13.6 Å². The maximum Gasteiger partial charge on any atom is 0.253 e. The number of carbonyl (C=O) groups excluding carboxylic acids is 1. The van der Waals surface area contributed by atoms with Crippen molar-refractivity contribution in [2.24, 2.45) is 0 Å². The molecule has 214 valence electrons. The molecule has 5 rings (SSSR count). The molecule has 2 aliphatic rings. The normalized spacial score (nSPS) is 17.6. The highest BCUT2D eigenvalue weighted by Crippen LogP contribution is 2.36. The summed E-state index contributed by atoms with van der Waals surface area (Å²) < 4.78 is 28.7. The molecule has 8 heteroatoms. The van der Waals surface area contributed by atoms with E-state index < -0.39 is 11.6 Å². The number of carbonyl (C=O) groups is 1. The Labute approximate surface area is 241 Å². The number of nitrogens with zero attached hydrogens (tertiary/aromatic N) is 5. The van der Waals surface area contributed by atoms with Crippen LogP contribution in [0.4, 0.5) is 8.78 Å². The Morgan fingerprint density at radius 1 is 0.756 bits per heavy atom. The lowest BCUT2D eigenvalue weighted by Gasteiger charge is -2.22. The summed E-state index contributed by atoms with van der Waals surface area (Å²) in [5.74, 6) is -1.50. The number of hydrogen-bond donors (Lipinski definition) is 0. The van der Waals surface area contributed by atoms with Crippen LogP contribution < -0.4 is 0 Å². The first-order chi connectivity index (χ1) is 19.8. The van der Waals surface area contributed by atoms with Crippen LogP contribution >= 0.6 is 0 Å². The van der Waals surface area contributed by atoms with Crippen LogP contribution in [-0.4, -0.2) is 92.0 Å². The fourth-order valence-corrected chi connectivity index (χ4v) is 5.83. The molecule has 3 aromatic carbocycles. The van der Waals surface area contributed by atoms with Crippen LogP contribution in [0, 0.1) is 23.0 Å². The lowest BCUT2D eigenvalue weighted by molar-refractivity contribution is 0.0763. The van der Waals surface area contributed by atoms with Crippen LogP contribution in [0.2, 0.25) is 0 Å². The van der Waals surface area contributed by atoms with E-state index >= 15 is 0 Å². The number of nitriles is 1. The average molecular weight is 558 g/mol. The topological polar surface area (TPSA) is 53.8 Å². The molecule has 2 aliphatic heterocycles. The van der Waals surface area contributed by atoms with E-state index in [2.05, 4.69) is 27.8 Å². The number of halogens is 2. The monoisotopic (exact) mass is 557 g/mol. The van der Waals surface area contributed by atoms with Gasteiger partial charge in [0.05, 0.1) is 11.6 Å². The Hall–Kier alpha value is -3.64. The fraction of sp³-hybridized carbons (Fsp3) is 0.394. The van der Waals surface area contributed by atoms with Gasteiger partial charge in [-0.15, -0.1) is 0 Å². The van der Waals surface area contributed by atoms with Crippen molar-refractivity contribution in [2.75, 3.05) is 66.5 Å². The van der Waals surface area contributed by atoms with E-state index in [1.165, 1.54) is 12.1 Å². The molecule has 1 amide bonds. The van der Waals surface area contributed by atoms with Crippen LogP contribution in [0.1, 0.15) is 34.3 Å². The van der Waals surface area contributed by atoms with Crippen molar-refractivity contribution in [1.82, 2.24) is 19.6 Å². The molecule has 2 heterocycles. The van der Waals surface area contributed by atoms with Crippen LogP contribution in [0.5, 0.6) is 0 Å². The summed E-state index contributed by atoms with van der Waals surface area (Å²) in [5.41, 5.74) is 4.15. The van der Waals surface area contributed by atoms with Crippen LogP contribution in [-0.2, 0) is 6.54 Å². The van der Waals surface area contributed by atoms with Gasteiger partial charge in [-0.2, -0.15) is 5.26 Å². The van der Waals surface area contributed by atoms with Gasteiger partial charge < -0.3 is 14.7 Å². The van der Waals surface area contributed by atoms with Gasteiger partial charge in [0, 0.05) is 56.5 Å². The number of amides is 1. The summed E-state index contributed by atoms with van der Waals surface area (Å²) in [6.45, 7) is 7.81. The number of rotatable bonds is 5. The van der Waals surface area contributed by atoms with E-state index in [1.54, 1.807) is 18.2 Å². The lowest BCUT2D eigenvalue weighted by Crippen LogP contribution is -2.34. The molecule has 0 radical (unpaired) electrons. The van der Waals surface area contributed by atoms with Crippen LogP contribution in [0.15, 0.2) is 54.6 Å². The maximum absolute atomic E-state index is 14.4. The van der Waals surface area contributed by atoms with Gasteiger partial charge in [0.2, 0.25) is 0 Å². The van der Waals surface area contributed by atoms with E-state index in [-0.39, 0.29) is 5.91 Å². The first-order valence-corrected chi connectivity index (χ1v) is 14.3. The Bertz CT molecular complexity index is 1430. The summed E-state index contributed by atoms with van der Waals surface area (Å²) in [6, 6.07) is 16.8. The third kappa shape index (κ3) is 6.99. The SMILES string of the molecule is CN1CCCN(Cc2ccc(-c3ccc(C(=O)N4CCCN(C)CC4)cc3-c3cc(F)cc(F)c3)c(C#N)c2)CC1. The molecule has 0 bridgehead atoms. The Balaban J connectivity index is 1.52. The minimum atomic E-state index is -0.697. The molecule has 0 aliphatic carbocycles. The second-order valence-corrected chi connectivity index (χ2v) is 11.3. The maximum atomic E-state index is 14.4. The predicted molar refractivity (Wildman–Crippen MR) is 157 cm³/mol. The molecule has 0 aromatic heterocycles. The van der Waals surface area contributed by atoms with Crippen molar-refractivity contribution in [3.63, 3.8) is 0 Å². The average Bonchev–Trinajstić information content (AvgIpc) is 3.31. The third-order valence-electron chi connectivity index (χ3n) is 8.16. The summed E-state index contributed by atoms with van der Waals surface area (Å²) in [7, 11) is 4.18. The molecule has 41 heavy (non-hydrogen) atoms. The Morgan fingerprint density at radius 2 is 1.44 bits per heavy atom. The standard InChI is InChI=1S/C33H37F2N5O/c1-37-9-3-11-39(15-13-37)23-24-5-7-30(27(17-24)22-36)31-8-6-25(33(41)40-12-4-10-38(2)14-16-40)20-32(31)26-18-28(34)21-29(35)19-26/h5-8,17-21H,3-4,9-16,23H2,1-2H3. The van der Waals surface area contributed by atoms with Crippen molar-refractivity contribution >= 4 is 5.91 Å². The third-order valence-corrected chi connectivity index (χ3v) is 8.16. The fourth-order valence-electron chi connectivity index (χ4n) is 5.83. The molecule has 3 aromatic rings. The molecular formula is C33H37F2N5O. The second kappa shape index (κ2) is 12.9. The summed E-state index contributed by atoms with van der Waals surface area (Å²) in [5, 5.41) is 10.1. The number of benzene rings is 3. The van der Waals surface area contributed by atoms with E-state index in [4.69, 9.17) is 0 Å². The summed E-state index contributed by atoms with van der Waals surface area (Å²) >= 11 is 0. The largest absolute Gasteiger partial charge is 0.337 e. The summed E-state index contributed by atoms with van der Waals surface area (Å²) in [4.78, 5) is 22.3.